The van der Waals surface area contributed by atoms with Crippen molar-refractivity contribution < 1.29 is 4.52 Å². The van der Waals surface area contributed by atoms with Crippen LogP contribution in [0.2, 0.25) is 0 Å². The second-order valence-electron chi connectivity index (χ2n) is 7.88. The number of nitrogens with zero attached hydrogens (tertiary/aromatic N) is 5. The molecule has 1 N–H and O–H groups in total. The molecule has 0 spiro atoms. The molecule has 3 rings (SSSR count). The first-order chi connectivity index (χ1) is 11.9. The van der Waals surface area contributed by atoms with Gasteiger partial charge in [0.2, 0.25) is 5.89 Å². The molecule has 1 atom stereocenters. The lowest BCUT2D eigenvalue weighted by Gasteiger charge is -2.32. The van der Waals surface area contributed by atoms with Gasteiger partial charge in [-0.15, -0.1) is 0 Å². The lowest BCUT2D eigenvalue weighted by atomic mass is 10.1. The second-order valence-corrected chi connectivity index (χ2v) is 7.88. The summed E-state index contributed by atoms with van der Waals surface area (Å²) in [5, 5.41) is 12.2. The normalized spacial score (nSPS) is 19.4. The Kier molecular flexibility index (Phi) is 5.54. The zero-order chi connectivity index (χ0) is 17.9. The van der Waals surface area contributed by atoms with Crippen molar-refractivity contribution in [2.24, 2.45) is 0 Å². The Morgan fingerprint density at radius 3 is 2.88 bits per heavy atom. The molecule has 1 aliphatic rings. The molecular weight excluding hydrogens is 316 g/mol. The zero-order valence-corrected chi connectivity index (χ0v) is 15.8. The molecule has 25 heavy (non-hydrogen) atoms. The SMILES string of the molecule is CCc1nc(CN2CCC[C@@H](NCc3cnn(C(C)(C)C)c3)C2)no1. The average molecular weight is 346 g/mol. The van der Waals surface area contributed by atoms with E-state index < -0.39 is 0 Å². The quantitative estimate of drug-likeness (QED) is 0.865. The van der Waals surface area contributed by atoms with E-state index in [4.69, 9.17) is 4.52 Å². The van der Waals surface area contributed by atoms with E-state index in [1.165, 1.54) is 18.4 Å². The van der Waals surface area contributed by atoms with Crippen LogP contribution in [0, 0.1) is 0 Å². The van der Waals surface area contributed by atoms with Crippen LogP contribution < -0.4 is 5.32 Å². The Labute approximate surface area is 149 Å². The fourth-order valence-corrected chi connectivity index (χ4v) is 3.14. The van der Waals surface area contributed by atoms with Gasteiger partial charge < -0.3 is 9.84 Å². The maximum atomic E-state index is 5.20. The first-order valence-electron chi connectivity index (χ1n) is 9.25. The predicted octanol–water partition coefficient (Wildman–Crippen LogP) is 2.34. The van der Waals surface area contributed by atoms with Crippen LogP contribution in [0.5, 0.6) is 0 Å². The van der Waals surface area contributed by atoms with Crippen LogP contribution in [-0.2, 0) is 25.0 Å². The Balaban J connectivity index is 1.49. The Hall–Kier alpha value is -1.73. The molecule has 0 aliphatic carbocycles. The monoisotopic (exact) mass is 346 g/mol. The molecule has 7 heteroatoms. The van der Waals surface area contributed by atoms with Crippen LogP contribution in [0.4, 0.5) is 0 Å². The van der Waals surface area contributed by atoms with Crippen molar-refractivity contribution in [2.75, 3.05) is 13.1 Å². The molecule has 0 aromatic carbocycles. The van der Waals surface area contributed by atoms with Gasteiger partial charge in [-0.25, -0.2) is 0 Å². The standard InChI is InChI=1S/C18H30N6O/c1-5-17-21-16(22-25-17)13-23-8-6-7-15(12-23)19-9-14-10-20-24(11-14)18(2,3)4/h10-11,15,19H,5-9,12-13H2,1-4H3/t15-/m1/s1. The lowest BCUT2D eigenvalue weighted by molar-refractivity contribution is 0.177. The van der Waals surface area contributed by atoms with Crippen LogP contribution >= 0.6 is 0 Å². The topological polar surface area (TPSA) is 72.0 Å². The number of piperidine rings is 1. The van der Waals surface area contributed by atoms with Crippen LogP contribution in [-0.4, -0.2) is 44.0 Å². The van der Waals surface area contributed by atoms with Crippen LogP contribution in [0.15, 0.2) is 16.9 Å². The lowest BCUT2D eigenvalue weighted by Crippen LogP contribution is -2.45. The summed E-state index contributed by atoms with van der Waals surface area (Å²) in [7, 11) is 0. The predicted molar refractivity (Wildman–Crippen MR) is 96.0 cm³/mol. The van der Waals surface area contributed by atoms with E-state index in [0.717, 1.165) is 44.3 Å². The minimum atomic E-state index is 0.0296. The number of hydrogen-bond acceptors (Lipinski definition) is 6. The Morgan fingerprint density at radius 2 is 2.20 bits per heavy atom. The molecule has 0 unspecified atom stereocenters. The summed E-state index contributed by atoms with van der Waals surface area (Å²) in [5.41, 5.74) is 1.26. The van der Waals surface area contributed by atoms with E-state index in [9.17, 15) is 0 Å². The van der Waals surface area contributed by atoms with Crippen LogP contribution in [0.3, 0.4) is 0 Å². The van der Waals surface area contributed by atoms with Crippen molar-refractivity contribution in [3.8, 4) is 0 Å². The summed E-state index contributed by atoms with van der Waals surface area (Å²) in [5.74, 6) is 1.52. The van der Waals surface area contributed by atoms with Crippen LogP contribution in [0.25, 0.3) is 0 Å². The van der Waals surface area contributed by atoms with Gasteiger partial charge in [0.05, 0.1) is 18.3 Å². The molecule has 0 bridgehead atoms. The highest BCUT2D eigenvalue weighted by Gasteiger charge is 2.21. The molecule has 0 radical (unpaired) electrons. The number of likely N-dealkylation sites (tertiary alicyclic amines) is 1. The molecule has 2 aromatic rings. The summed E-state index contributed by atoms with van der Waals surface area (Å²) in [6.07, 6.45) is 7.29. The fourth-order valence-electron chi connectivity index (χ4n) is 3.14. The zero-order valence-electron chi connectivity index (χ0n) is 15.8. The molecule has 1 aliphatic heterocycles. The molecule has 138 valence electrons. The highest BCUT2D eigenvalue weighted by atomic mass is 16.5. The third-order valence-electron chi connectivity index (χ3n) is 4.60. The Bertz CT molecular complexity index is 671. The van der Waals surface area contributed by atoms with Gasteiger partial charge in [-0.1, -0.05) is 12.1 Å². The van der Waals surface area contributed by atoms with E-state index in [-0.39, 0.29) is 5.54 Å². The van der Waals surface area contributed by atoms with E-state index in [2.05, 4.69) is 52.4 Å². The van der Waals surface area contributed by atoms with Crippen molar-refractivity contribution >= 4 is 0 Å². The van der Waals surface area contributed by atoms with Gasteiger partial charge in [0.1, 0.15) is 0 Å². The minimum Gasteiger partial charge on any atom is -0.339 e. The third kappa shape index (κ3) is 4.89. The first kappa shape index (κ1) is 18.1. The van der Waals surface area contributed by atoms with E-state index in [1.54, 1.807) is 0 Å². The van der Waals surface area contributed by atoms with Crippen LogP contribution in [0.1, 0.15) is 57.8 Å². The second kappa shape index (κ2) is 7.66. The van der Waals surface area contributed by atoms with E-state index >= 15 is 0 Å². The maximum Gasteiger partial charge on any atom is 0.226 e. The number of rotatable bonds is 6. The molecule has 1 saturated heterocycles. The Morgan fingerprint density at radius 1 is 1.36 bits per heavy atom. The van der Waals surface area contributed by atoms with Crippen molar-refractivity contribution in [3.63, 3.8) is 0 Å². The number of aryl methyl sites for hydroxylation is 1. The number of aromatic nitrogens is 4. The van der Waals surface area contributed by atoms with Gasteiger partial charge in [0, 0.05) is 37.3 Å². The number of hydrogen-bond donors (Lipinski definition) is 1. The molecule has 2 aromatic heterocycles. The van der Waals surface area contributed by atoms with Gasteiger partial charge in [-0.2, -0.15) is 10.1 Å². The third-order valence-corrected chi connectivity index (χ3v) is 4.60. The maximum absolute atomic E-state index is 5.20. The van der Waals surface area contributed by atoms with Gasteiger partial charge >= 0.3 is 0 Å². The van der Waals surface area contributed by atoms with Gasteiger partial charge in [0.15, 0.2) is 5.82 Å². The summed E-state index contributed by atoms with van der Waals surface area (Å²) in [6.45, 7) is 12.3. The highest BCUT2D eigenvalue weighted by molar-refractivity contribution is 5.05. The summed E-state index contributed by atoms with van der Waals surface area (Å²) in [6, 6.07) is 0.490. The smallest absolute Gasteiger partial charge is 0.226 e. The molecule has 0 amide bonds. The van der Waals surface area contributed by atoms with Crippen molar-refractivity contribution in [2.45, 2.75) is 71.6 Å². The largest absolute Gasteiger partial charge is 0.339 e. The molecule has 1 fully saturated rings. The summed E-state index contributed by atoms with van der Waals surface area (Å²) in [4.78, 5) is 6.82. The van der Waals surface area contributed by atoms with Crippen molar-refractivity contribution in [1.29, 1.82) is 0 Å². The number of nitrogens with one attached hydrogen (secondary N) is 1. The van der Waals surface area contributed by atoms with E-state index in [1.807, 2.05) is 17.8 Å². The fraction of sp³-hybridized carbons (Fsp3) is 0.722. The summed E-state index contributed by atoms with van der Waals surface area (Å²) >= 11 is 0. The molecule has 3 heterocycles. The molecular formula is C18H30N6O. The molecule has 0 saturated carbocycles. The highest BCUT2D eigenvalue weighted by Crippen LogP contribution is 2.15. The van der Waals surface area contributed by atoms with Gasteiger partial charge in [-0.3, -0.25) is 9.58 Å². The van der Waals surface area contributed by atoms with Gasteiger partial charge in [0.25, 0.3) is 0 Å². The van der Waals surface area contributed by atoms with E-state index in [0.29, 0.717) is 6.04 Å². The van der Waals surface area contributed by atoms with Crippen molar-refractivity contribution in [1.82, 2.24) is 30.1 Å². The van der Waals surface area contributed by atoms with Gasteiger partial charge in [-0.05, 0) is 40.2 Å². The summed E-state index contributed by atoms with van der Waals surface area (Å²) < 4.78 is 7.23. The first-order valence-corrected chi connectivity index (χ1v) is 9.25. The minimum absolute atomic E-state index is 0.0296. The molecule has 7 nitrogen and oxygen atoms in total. The van der Waals surface area contributed by atoms with Crippen molar-refractivity contribution in [3.05, 3.63) is 29.7 Å². The average Bonchev–Trinajstić information content (AvgIpc) is 3.22.